The Morgan fingerprint density at radius 2 is 2.11 bits per heavy atom. The molecule has 1 heterocycles. The summed E-state index contributed by atoms with van der Waals surface area (Å²) in [6, 6.07) is 7.11. The van der Waals surface area contributed by atoms with Crippen molar-refractivity contribution in [1.29, 1.82) is 0 Å². The largest absolute Gasteiger partial charge is 0.497 e. The van der Waals surface area contributed by atoms with Gasteiger partial charge in [-0.3, -0.25) is 9.69 Å². The molecule has 1 saturated heterocycles. The van der Waals surface area contributed by atoms with Crippen LogP contribution in [0.5, 0.6) is 5.75 Å². The van der Waals surface area contributed by atoms with Crippen LogP contribution in [0.3, 0.4) is 0 Å². The molecule has 7 heteroatoms. The van der Waals surface area contributed by atoms with Crippen molar-refractivity contribution >= 4 is 5.91 Å². The summed E-state index contributed by atoms with van der Waals surface area (Å²) in [5.41, 5.74) is 0.612. The molecule has 0 aromatic heterocycles. The molecular weight excluding hydrogens is 348 g/mol. The third kappa shape index (κ3) is 6.77. The monoisotopic (exact) mass is 380 g/mol. The Morgan fingerprint density at radius 1 is 1.37 bits per heavy atom. The molecule has 1 aliphatic heterocycles. The van der Waals surface area contributed by atoms with Crippen molar-refractivity contribution in [2.45, 2.75) is 25.6 Å². The van der Waals surface area contributed by atoms with Gasteiger partial charge in [-0.1, -0.05) is 6.92 Å². The highest BCUT2D eigenvalue weighted by atomic mass is 16.5. The molecule has 1 N–H and O–H groups in total. The number of nitrogens with zero attached hydrogens (tertiary/aromatic N) is 2. The fourth-order valence-electron chi connectivity index (χ4n) is 3.12. The van der Waals surface area contributed by atoms with Crippen LogP contribution < -0.4 is 4.74 Å². The van der Waals surface area contributed by atoms with Crippen LogP contribution in [0.15, 0.2) is 24.3 Å². The first-order valence-corrected chi connectivity index (χ1v) is 9.51. The Hall–Kier alpha value is -1.67. The number of amides is 1. The van der Waals surface area contributed by atoms with Crippen molar-refractivity contribution in [3.63, 3.8) is 0 Å². The molecule has 0 radical (unpaired) electrons. The second-order valence-electron chi connectivity index (χ2n) is 6.79. The van der Waals surface area contributed by atoms with Crippen molar-refractivity contribution < 1.29 is 24.1 Å². The van der Waals surface area contributed by atoms with Gasteiger partial charge in [-0.25, -0.2) is 0 Å². The Kier molecular flexibility index (Phi) is 9.00. The Labute approximate surface area is 161 Å². The lowest BCUT2D eigenvalue weighted by Crippen LogP contribution is -2.50. The number of methoxy groups -OCH3 is 2. The van der Waals surface area contributed by atoms with Gasteiger partial charge in [0.15, 0.2) is 0 Å². The van der Waals surface area contributed by atoms with Crippen molar-refractivity contribution in [3.05, 3.63) is 29.8 Å². The van der Waals surface area contributed by atoms with E-state index in [2.05, 4.69) is 4.90 Å². The highest BCUT2D eigenvalue weighted by molar-refractivity contribution is 5.94. The van der Waals surface area contributed by atoms with E-state index in [0.29, 0.717) is 45.0 Å². The van der Waals surface area contributed by atoms with Crippen molar-refractivity contribution in [2.75, 3.05) is 60.2 Å². The number of ether oxygens (including phenoxy) is 3. The van der Waals surface area contributed by atoms with Crippen LogP contribution in [0.1, 0.15) is 23.7 Å². The number of rotatable bonds is 10. The summed E-state index contributed by atoms with van der Waals surface area (Å²) in [6.45, 7) is 6.19. The number of hydrogen-bond donors (Lipinski definition) is 1. The normalized spacial score (nSPS) is 18.9. The zero-order valence-electron chi connectivity index (χ0n) is 16.6. The first kappa shape index (κ1) is 21.6. The standard InChI is InChI=1S/C20H32N2O5/c1-4-17(23)13-21-9-12-27-19(14-21)15-22(10-11-25-2)20(24)16-5-7-18(26-3)8-6-16/h5-8,17,19,23H,4,9-15H2,1-3H3/t17-,19+/m0/s1. The van der Waals surface area contributed by atoms with Gasteiger partial charge < -0.3 is 24.2 Å². The van der Waals surface area contributed by atoms with E-state index in [4.69, 9.17) is 14.2 Å². The van der Waals surface area contributed by atoms with Gasteiger partial charge in [0.25, 0.3) is 5.91 Å². The number of aliphatic hydroxyl groups is 1. The average Bonchev–Trinajstić information content (AvgIpc) is 2.70. The van der Waals surface area contributed by atoms with Crippen LogP contribution in [0, 0.1) is 0 Å². The molecule has 0 saturated carbocycles. The van der Waals surface area contributed by atoms with Crippen LogP contribution in [0.4, 0.5) is 0 Å². The molecule has 152 valence electrons. The molecule has 2 rings (SSSR count). The third-order valence-electron chi connectivity index (χ3n) is 4.78. The highest BCUT2D eigenvalue weighted by Gasteiger charge is 2.26. The minimum Gasteiger partial charge on any atom is -0.497 e. The Bertz CT molecular complexity index is 566. The third-order valence-corrected chi connectivity index (χ3v) is 4.78. The molecule has 27 heavy (non-hydrogen) atoms. The van der Waals surface area contributed by atoms with Crippen LogP contribution in [-0.2, 0) is 9.47 Å². The summed E-state index contributed by atoms with van der Waals surface area (Å²) >= 11 is 0. The molecule has 0 bridgehead atoms. The molecular formula is C20H32N2O5. The smallest absolute Gasteiger partial charge is 0.254 e. The molecule has 1 amide bonds. The van der Waals surface area contributed by atoms with E-state index >= 15 is 0 Å². The summed E-state index contributed by atoms with van der Waals surface area (Å²) in [5, 5.41) is 9.90. The summed E-state index contributed by atoms with van der Waals surface area (Å²) < 4.78 is 16.2. The summed E-state index contributed by atoms with van der Waals surface area (Å²) in [7, 11) is 3.23. The number of carbonyl (C=O) groups is 1. The van der Waals surface area contributed by atoms with Crippen molar-refractivity contribution in [1.82, 2.24) is 9.80 Å². The van der Waals surface area contributed by atoms with E-state index in [9.17, 15) is 9.90 Å². The minimum absolute atomic E-state index is 0.0518. The molecule has 1 fully saturated rings. The van der Waals surface area contributed by atoms with Gasteiger partial charge >= 0.3 is 0 Å². The second kappa shape index (κ2) is 11.2. The molecule has 1 aromatic rings. The zero-order chi connectivity index (χ0) is 19.6. The lowest BCUT2D eigenvalue weighted by Gasteiger charge is -2.36. The van der Waals surface area contributed by atoms with E-state index in [1.807, 2.05) is 6.92 Å². The van der Waals surface area contributed by atoms with E-state index in [1.54, 1.807) is 43.4 Å². The van der Waals surface area contributed by atoms with Gasteiger partial charge in [0.05, 0.1) is 32.5 Å². The summed E-state index contributed by atoms with van der Waals surface area (Å²) in [4.78, 5) is 16.9. The van der Waals surface area contributed by atoms with E-state index < -0.39 is 0 Å². The first-order chi connectivity index (χ1) is 13.1. The van der Waals surface area contributed by atoms with Gasteiger partial charge in [-0.05, 0) is 30.7 Å². The zero-order valence-corrected chi connectivity index (χ0v) is 16.6. The molecule has 1 aromatic carbocycles. The van der Waals surface area contributed by atoms with Gasteiger partial charge in [0.1, 0.15) is 5.75 Å². The van der Waals surface area contributed by atoms with Crippen LogP contribution in [0.25, 0.3) is 0 Å². The predicted octanol–water partition coefficient (Wildman–Crippen LogP) is 1.26. The SMILES string of the molecule is CC[C@H](O)CN1CCO[C@@H](CN(CCOC)C(=O)c2ccc(OC)cc2)C1. The van der Waals surface area contributed by atoms with Crippen LogP contribution >= 0.6 is 0 Å². The number of benzene rings is 1. The maximum Gasteiger partial charge on any atom is 0.254 e. The van der Waals surface area contributed by atoms with Crippen molar-refractivity contribution in [2.24, 2.45) is 0 Å². The molecule has 0 unspecified atom stereocenters. The molecule has 2 atom stereocenters. The summed E-state index contributed by atoms with van der Waals surface area (Å²) in [6.07, 6.45) is 0.328. The number of hydrogen-bond acceptors (Lipinski definition) is 6. The van der Waals surface area contributed by atoms with Gasteiger partial charge in [-0.2, -0.15) is 0 Å². The van der Waals surface area contributed by atoms with Gasteiger partial charge in [0, 0.05) is 45.4 Å². The number of carbonyl (C=O) groups excluding carboxylic acids is 1. The number of aliphatic hydroxyl groups excluding tert-OH is 1. The van der Waals surface area contributed by atoms with E-state index in [1.165, 1.54) is 0 Å². The fraction of sp³-hybridized carbons (Fsp3) is 0.650. The fourth-order valence-corrected chi connectivity index (χ4v) is 3.12. The molecule has 0 spiro atoms. The number of β-amino-alcohol motifs (C(OH)–C–C–N with tert-alkyl or cyclic N) is 1. The highest BCUT2D eigenvalue weighted by Crippen LogP contribution is 2.15. The predicted molar refractivity (Wildman–Crippen MR) is 103 cm³/mol. The van der Waals surface area contributed by atoms with Crippen LogP contribution in [-0.4, -0.2) is 93.2 Å². The molecule has 0 aliphatic carbocycles. The lowest BCUT2D eigenvalue weighted by atomic mass is 10.1. The van der Waals surface area contributed by atoms with Gasteiger partial charge in [-0.15, -0.1) is 0 Å². The Balaban J connectivity index is 2.00. The maximum absolute atomic E-state index is 13.0. The maximum atomic E-state index is 13.0. The lowest BCUT2D eigenvalue weighted by molar-refractivity contribution is -0.0517. The first-order valence-electron chi connectivity index (χ1n) is 9.51. The Morgan fingerprint density at radius 3 is 2.74 bits per heavy atom. The second-order valence-corrected chi connectivity index (χ2v) is 6.79. The average molecular weight is 380 g/mol. The quantitative estimate of drug-likeness (QED) is 0.659. The number of morpholine rings is 1. The van der Waals surface area contributed by atoms with Crippen molar-refractivity contribution in [3.8, 4) is 5.75 Å². The van der Waals surface area contributed by atoms with E-state index in [0.717, 1.165) is 18.7 Å². The summed E-state index contributed by atoms with van der Waals surface area (Å²) in [5.74, 6) is 0.666. The minimum atomic E-state index is -0.325. The van der Waals surface area contributed by atoms with E-state index in [-0.39, 0.29) is 18.1 Å². The molecule has 1 aliphatic rings. The van der Waals surface area contributed by atoms with Crippen LogP contribution in [0.2, 0.25) is 0 Å². The molecule has 7 nitrogen and oxygen atoms in total. The topological polar surface area (TPSA) is 71.5 Å². The van der Waals surface area contributed by atoms with Gasteiger partial charge in [0.2, 0.25) is 0 Å².